The first-order chi connectivity index (χ1) is 11.4. The number of halogens is 4. The third kappa shape index (κ3) is 4.72. The highest BCUT2D eigenvalue weighted by Gasteiger charge is 2.19. The number of rotatable bonds is 6. The standard InChI is InChI=1S/C15H12Cl2F2N2O2S/c1-2-23-11-7-6-8(16)12(21-11)14(22)20-10-5-3-4-9(17)13(10)24-15(18)19/h3-7,15H,2H2,1H3,(H,20,22). The Bertz CT molecular complexity index is 747. The average Bonchev–Trinajstić information content (AvgIpc) is 2.52. The molecule has 0 saturated carbocycles. The summed E-state index contributed by atoms with van der Waals surface area (Å²) in [4.78, 5) is 16.5. The second-order valence-corrected chi connectivity index (χ2v) is 6.18. The molecule has 1 aromatic heterocycles. The fraction of sp³-hybridized carbons (Fsp3) is 0.200. The zero-order valence-corrected chi connectivity index (χ0v) is 14.7. The van der Waals surface area contributed by atoms with Gasteiger partial charge in [-0.15, -0.1) is 0 Å². The summed E-state index contributed by atoms with van der Waals surface area (Å²) in [5.74, 6) is -3.09. The Morgan fingerprint density at radius 2 is 2.04 bits per heavy atom. The summed E-state index contributed by atoms with van der Waals surface area (Å²) in [7, 11) is 0. The quantitative estimate of drug-likeness (QED) is 0.672. The van der Waals surface area contributed by atoms with Crippen molar-refractivity contribution in [3.63, 3.8) is 0 Å². The minimum Gasteiger partial charge on any atom is -0.478 e. The van der Waals surface area contributed by atoms with Crippen LogP contribution in [0.25, 0.3) is 0 Å². The van der Waals surface area contributed by atoms with Crippen LogP contribution in [0.15, 0.2) is 35.2 Å². The molecule has 0 aliphatic rings. The zero-order valence-electron chi connectivity index (χ0n) is 12.4. The van der Waals surface area contributed by atoms with E-state index < -0.39 is 11.7 Å². The highest BCUT2D eigenvalue weighted by atomic mass is 35.5. The minimum atomic E-state index is -2.68. The molecule has 0 aliphatic carbocycles. The Hall–Kier alpha value is -1.57. The molecule has 0 unspecified atom stereocenters. The van der Waals surface area contributed by atoms with Crippen LogP contribution in [-0.4, -0.2) is 23.3 Å². The topological polar surface area (TPSA) is 51.2 Å². The van der Waals surface area contributed by atoms with E-state index in [0.29, 0.717) is 6.61 Å². The van der Waals surface area contributed by atoms with Crippen molar-refractivity contribution >= 4 is 46.6 Å². The minimum absolute atomic E-state index is 0.0691. The molecule has 1 N–H and O–H groups in total. The van der Waals surface area contributed by atoms with Crippen LogP contribution in [0.1, 0.15) is 17.4 Å². The Morgan fingerprint density at radius 3 is 2.71 bits per heavy atom. The molecule has 128 valence electrons. The van der Waals surface area contributed by atoms with Crippen LogP contribution in [0.2, 0.25) is 10.0 Å². The lowest BCUT2D eigenvalue weighted by Gasteiger charge is -2.12. The summed E-state index contributed by atoms with van der Waals surface area (Å²) in [6.45, 7) is 2.15. The van der Waals surface area contributed by atoms with E-state index in [1.807, 2.05) is 0 Å². The summed E-state index contributed by atoms with van der Waals surface area (Å²) in [6, 6.07) is 7.47. The van der Waals surface area contributed by atoms with Gasteiger partial charge in [0.1, 0.15) is 0 Å². The Balaban J connectivity index is 2.30. The van der Waals surface area contributed by atoms with Gasteiger partial charge in [0, 0.05) is 6.07 Å². The van der Waals surface area contributed by atoms with Gasteiger partial charge in [-0.1, -0.05) is 41.0 Å². The van der Waals surface area contributed by atoms with Crippen molar-refractivity contribution in [3.8, 4) is 5.88 Å². The molecule has 0 saturated heterocycles. The van der Waals surface area contributed by atoms with E-state index >= 15 is 0 Å². The van der Waals surface area contributed by atoms with Crippen LogP contribution in [0.4, 0.5) is 14.5 Å². The van der Waals surface area contributed by atoms with Crippen molar-refractivity contribution in [1.29, 1.82) is 0 Å². The smallest absolute Gasteiger partial charge is 0.289 e. The molecular formula is C15H12Cl2F2N2O2S. The number of ether oxygens (including phenoxy) is 1. The fourth-order valence-corrected chi connectivity index (χ4v) is 2.91. The second-order valence-electron chi connectivity index (χ2n) is 4.36. The number of thioether (sulfide) groups is 1. The maximum absolute atomic E-state index is 12.7. The number of carbonyl (C=O) groups is 1. The number of alkyl halides is 2. The van der Waals surface area contributed by atoms with Crippen LogP contribution in [0.3, 0.4) is 0 Å². The van der Waals surface area contributed by atoms with Crippen molar-refractivity contribution in [2.24, 2.45) is 0 Å². The van der Waals surface area contributed by atoms with Gasteiger partial charge in [-0.3, -0.25) is 4.79 Å². The van der Waals surface area contributed by atoms with Crippen molar-refractivity contribution in [2.75, 3.05) is 11.9 Å². The number of amides is 1. The van der Waals surface area contributed by atoms with E-state index in [1.165, 1.54) is 24.3 Å². The first-order valence-electron chi connectivity index (χ1n) is 6.76. The van der Waals surface area contributed by atoms with Crippen LogP contribution in [0, 0.1) is 0 Å². The van der Waals surface area contributed by atoms with E-state index in [2.05, 4.69) is 10.3 Å². The maximum Gasteiger partial charge on any atom is 0.289 e. The first-order valence-corrected chi connectivity index (χ1v) is 8.40. The van der Waals surface area contributed by atoms with E-state index in [4.69, 9.17) is 27.9 Å². The number of benzene rings is 1. The molecule has 0 bridgehead atoms. The number of pyridine rings is 1. The van der Waals surface area contributed by atoms with Gasteiger partial charge < -0.3 is 10.1 Å². The number of aromatic nitrogens is 1. The summed E-state index contributed by atoms with van der Waals surface area (Å²) < 4.78 is 30.6. The van der Waals surface area contributed by atoms with Gasteiger partial charge in [0.15, 0.2) is 5.69 Å². The van der Waals surface area contributed by atoms with Crippen molar-refractivity contribution < 1.29 is 18.3 Å². The van der Waals surface area contributed by atoms with E-state index in [0.717, 1.165) is 0 Å². The van der Waals surface area contributed by atoms with Gasteiger partial charge in [0.2, 0.25) is 5.88 Å². The molecule has 0 aliphatic heterocycles. The maximum atomic E-state index is 12.7. The summed E-state index contributed by atoms with van der Waals surface area (Å²) >= 11 is 12.2. The normalized spacial score (nSPS) is 10.8. The second kappa shape index (κ2) is 8.50. The molecule has 4 nitrogen and oxygen atoms in total. The van der Waals surface area contributed by atoms with Gasteiger partial charge in [-0.05, 0) is 25.1 Å². The third-order valence-electron chi connectivity index (χ3n) is 2.75. The van der Waals surface area contributed by atoms with Gasteiger partial charge in [0.05, 0.1) is 27.2 Å². The molecule has 0 fully saturated rings. The van der Waals surface area contributed by atoms with Crippen LogP contribution < -0.4 is 10.1 Å². The van der Waals surface area contributed by atoms with Crippen LogP contribution in [-0.2, 0) is 0 Å². The Labute approximate surface area is 151 Å². The molecule has 9 heteroatoms. The van der Waals surface area contributed by atoms with Gasteiger partial charge in [0.25, 0.3) is 11.7 Å². The number of nitrogens with zero attached hydrogens (tertiary/aromatic N) is 1. The van der Waals surface area contributed by atoms with Crippen molar-refractivity contribution in [1.82, 2.24) is 4.98 Å². The number of nitrogens with one attached hydrogen (secondary N) is 1. The molecule has 2 aromatic rings. The Kier molecular flexibility index (Phi) is 6.65. The van der Waals surface area contributed by atoms with Crippen LogP contribution in [0.5, 0.6) is 5.88 Å². The van der Waals surface area contributed by atoms with Crippen molar-refractivity contribution in [2.45, 2.75) is 17.6 Å². The molecule has 24 heavy (non-hydrogen) atoms. The molecule has 0 radical (unpaired) electrons. The lowest BCUT2D eigenvalue weighted by molar-refractivity contribution is 0.102. The molecule has 2 rings (SSSR count). The molecule has 0 spiro atoms. The highest BCUT2D eigenvalue weighted by Crippen LogP contribution is 2.37. The summed E-state index contributed by atoms with van der Waals surface area (Å²) in [6.07, 6.45) is 0. The first kappa shape index (κ1) is 18.8. The summed E-state index contributed by atoms with van der Waals surface area (Å²) in [5.41, 5.74) is 0.0769. The van der Waals surface area contributed by atoms with Gasteiger partial charge >= 0.3 is 0 Å². The Morgan fingerprint density at radius 1 is 1.29 bits per heavy atom. The molecule has 1 amide bonds. The van der Waals surface area contributed by atoms with E-state index in [-0.39, 0.29) is 44.0 Å². The number of carbonyl (C=O) groups excluding carboxylic acids is 1. The predicted molar refractivity (Wildman–Crippen MR) is 91.7 cm³/mol. The lowest BCUT2D eigenvalue weighted by atomic mass is 10.3. The molecule has 0 atom stereocenters. The predicted octanol–water partition coefficient (Wildman–Crippen LogP) is 5.35. The fourth-order valence-electron chi connectivity index (χ4n) is 1.81. The van der Waals surface area contributed by atoms with Gasteiger partial charge in [-0.2, -0.15) is 8.78 Å². The number of hydrogen-bond donors (Lipinski definition) is 1. The molecular weight excluding hydrogens is 381 g/mol. The molecule has 1 heterocycles. The lowest BCUT2D eigenvalue weighted by Crippen LogP contribution is -2.15. The average molecular weight is 393 g/mol. The van der Waals surface area contributed by atoms with Crippen LogP contribution >= 0.6 is 35.0 Å². The van der Waals surface area contributed by atoms with E-state index in [9.17, 15) is 13.6 Å². The third-order valence-corrected chi connectivity index (χ3v) is 4.34. The van der Waals surface area contributed by atoms with Gasteiger partial charge in [-0.25, -0.2) is 4.98 Å². The number of hydrogen-bond acceptors (Lipinski definition) is 4. The SMILES string of the molecule is CCOc1ccc(Cl)c(C(=O)Nc2cccc(Cl)c2SC(F)F)n1. The highest BCUT2D eigenvalue weighted by molar-refractivity contribution is 7.99. The van der Waals surface area contributed by atoms with Crippen molar-refractivity contribution in [3.05, 3.63) is 46.1 Å². The van der Waals surface area contributed by atoms with E-state index in [1.54, 1.807) is 13.0 Å². The number of anilines is 1. The monoisotopic (exact) mass is 392 g/mol. The summed E-state index contributed by atoms with van der Waals surface area (Å²) in [5, 5.41) is 2.73. The largest absolute Gasteiger partial charge is 0.478 e. The molecule has 1 aromatic carbocycles. The zero-order chi connectivity index (χ0) is 17.7.